The van der Waals surface area contributed by atoms with E-state index in [2.05, 4.69) is 5.10 Å². The molecule has 0 radical (unpaired) electrons. The molecule has 166 valence electrons. The lowest BCUT2D eigenvalue weighted by molar-refractivity contribution is -0.148. The minimum absolute atomic E-state index is 0.0590. The van der Waals surface area contributed by atoms with Crippen LogP contribution in [0.2, 0.25) is 5.02 Å². The van der Waals surface area contributed by atoms with Gasteiger partial charge in [-0.1, -0.05) is 60.1 Å². The predicted octanol–water partition coefficient (Wildman–Crippen LogP) is 3.26. The van der Waals surface area contributed by atoms with Gasteiger partial charge in [-0.15, -0.1) is 0 Å². The van der Waals surface area contributed by atoms with E-state index in [9.17, 15) is 9.59 Å². The number of hydrogen-bond acceptors (Lipinski definition) is 5. The molecule has 1 saturated heterocycles. The molecule has 1 aromatic heterocycles. The molecule has 1 fully saturated rings. The van der Waals surface area contributed by atoms with Gasteiger partial charge in [-0.2, -0.15) is 5.10 Å². The van der Waals surface area contributed by atoms with Gasteiger partial charge < -0.3 is 9.64 Å². The highest BCUT2D eigenvalue weighted by molar-refractivity contribution is 6.31. The number of benzene rings is 2. The van der Waals surface area contributed by atoms with E-state index in [4.69, 9.17) is 16.3 Å². The summed E-state index contributed by atoms with van der Waals surface area (Å²) in [5, 5.41) is 4.86. The van der Waals surface area contributed by atoms with E-state index in [1.54, 1.807) is 28.0 Å². The van der Waals surface area contributed by atoms with Crippen molar-refractivity contribution in [1.82, 2.24) is 19.6 Å². The minimum atomic E-state index is -0.598. The molecule has 32 heavy (non-hydrogen) atoms. The van der Waals surface area contributed by atoms with Crippen LogP contribution in [0.1, 0.15) is 27.5 Å². The van der Waals surface area contributed by atoms with Crippen molar-refractivity contribution in [3.8, 4) is 0 Å². The van der Waals surface area contributed by atoms with Crippen LogP contribution >= 0.6 is 11.6 Å². The average Bonchev–Trinajstić information content (AvgIpc) is 3.29. The Labute approximate surface area is 192 Å². The topological polar surface area (TPSA) is 67.7 Å². The fraction of sp³-hybridized carbons (Fsp3) is 0.292. The fourth-order valence-electron chi connectivity index (χ4n) is 3.98. The third-order valence-electron chi connectivity index (χ3n) is 5.66. The summed E-state index contributed by atoms with van der Waals surface area (Å²) in [5.74, 6) is -0.420. The van der Waals surface area contributed by atoms with Crippen molar-refractivity contribution in [3.05, 3.63) is 88.7 Å². The first-order valence-electron chi connectivity index (χ1n) is 10.5. The van der Waals surface area contributed by atoms with Crippen molar-refractivity contribution >= 4 is 23.5 Å². The standard InChI is InChI=1S/C24H25ClN4O3/c1-32-24(31)22(20-9-5-6-10-21(20)25)27-11-13-28(14-12-27)23(30)19-15-26-29(17-19)16-18-7-3-2-4-8-18/h2-10,15,17,22H,11-14,16H2,1H3. The molecular formula is C24H25ClN4O3. The molecule has 7 nitrogen and oxygen atoms in total. The zero-order valence-corrected chi connectivity index (χ0v) is 18.6. The number of carbonyl (C=O) groups is 2. The van der Waals surface area contributed by atoms with Gasteiger partial charge >= 0.3 is 5.97 Å². The number of aromatic nitrogens is 2. The number of rotatable bonds is 6. The SMILES string of the molecule is COC(=O)C(c1ccccc1Cl)N1CCN(C(=O)c2cnn(Cc3ccccc3)c2)CC1. The molecule has 2 aromatic carbocycles. The molecule has 0 saturated carbocycles. The summed E-state index contributed by atoms with van der Waals surface area (Å²) in [4.78, 5) is 29.3. The van der Waals surface area contributed by atoms with Gasteiger partial charge in [0.25, 0.3) is 5.91 Å². The molecule has 1 amide bonds. The lowest BCUT2D eigenvalue weighted by atomic mass is 10.0. The smallest absolute Gasteiger partial charge is 0.327 e. The Hall–Kier alpha value is -3.16. The van der Waals surface area contributed by atoms with E-state index in [1.165, 1.54) is 7.11 Å². The highest BCUT2D eigenvalue weighted by atomic mass is 35.5. The number of halogens is 1. The van der Waals surface area contributed by atoms with E-state index in [1.807, 2.05) is 53.4 Å². The summed E-state index contributed by atoms with van der Waals surface area (Å²) in [7, 11) is 1.37. The monoisotopic (exact) mass is 452 g/mol. The van der Waals surface area contributed by atoms with Crippen molar-refractivity contribution in [1.29, 1.82) is 0 Å². The molecule has 1 atom stereocenters. The van der Waals surface area contributed by atoms with Crippen LogP contribution in [0.5, 0.6) is 0 Å². The molecule has 0 N–H and O–H groups in total. The minimum Gasteiger partial charge on any atom is -0.468 e. The maximum Gasteiger partial charge on any atom is 0.327 e. The molecule has 8 heteroatoms. The number of hydrogen-bond donors (Lipinski definition) is 0. The van der Waals surface area contributed by atoms with Gasteiger partial charge in [0.2, 0.25) is 0 Å². The second-order valence-electron chi connectivity index (χ2n) is 7.69. The third-order valence-corrected chi connectivity index (χ3v) is 6.00. The van der Waals surface area contributed by atoms with Crippen LogP contribution in [0, 0.1) is 0 Å². The van der Waals surface area contributed by atoms with Crippen molar-refractivity contribution in [2.75, 3.05) is 33.3 Å². The summed E-state index contributed by atoms with van der Waals surface area (Å²) in [6.07, 6.45) is 3.39. The molecule has 0 spiro atoms. The van der Waals surface area contributed by atoms with Crippen LogP contribution in [-0.4, -0.2) is 64.7 Å². The highest BCUT2D eigenvalue weighted by Crippen LogP contribution is 2.29. The van der Waals surface area contributed by atoms with E-state index in [0.29, 0.717) is 48.9 Å². The zero-order valence-electron chi connectivity index (χ0n) is 17.9. The van der Waals surface area contributed by atoms with Gasteiger partial charge in [0.05, 0.1) is 25.4 Å². The molecule has 0 aliphatic carbocycles. The Kier molecular flexibility index (Phi) is 6.87. The Bertz CT molecular complexity index is 1080. The summed E-state index contributed by atoms with van der Waals surface area (Å²) >= 11 is 6.35. The fourth-order valence-corrected chi connectivity index (χ4v) is 4.22. The van der Waals surface area contributed by atoms with Gasteiger partial charge in [0.1, 0.15) is 6.04 Å². The predicted molar refractivity (Wildman–Crippen MR) is 121 cm³/mol. The van der Waals surface area contributed by atoms with Gasteiger partial charge in [-0.05, 0) is 17.2 Å². The molecule has 1 aliphatic heterocycles. The van der Waals surface area contributed by atoms with E-state index < -0.39 is 6.04 Å². The Morgan fingerprint density at radius 2 is 1.72 bits per heavy atom. The van der Waals surface area contributed by atoms with E-state index in [-0.39, 0.29) is 11.9 Å². The second kappa shape index (κ2) is 9.97. The molecular weight excluding hydrogens is 428 g/mol. The van der Waals surface area contributed by atoms with Gasteiger partial charge in [-0.25, -0.2) is 4.79 Å². The lowest BCUT2D eigenvalue weighted by Crippen LogP contribution is -2.51. The quantitative estimate of drug-likeness (QED) is 0.537. The first kappa shape index (κ1) is 22.0. The maximum absolute atomic E-state index is 13.0. The molecule has 1 aliphatic rings. The Morgan fingerprint density at radius 3 is 2.41 bits per heavy atom. The summed E-state index contributed by atoms with van der Waals surface area (Å²) in [6, 6.07) is 16.7. The van der Waals surface area contributed by atoms with Crippen molar-refractivity contribution < 1.29 is 14.3 Å². The van der Waals surface area contributed by atoms with Gasteiger partial charge in [-0.3, -0.25) is 14.4 Å². The van der Waals surface area contributed by atoms with Crippen LogP contribution in [0.4, 0.5) is 0 Å². The Morgan fingerprint density at radius 1 is 1.03 bits per heavy atom. The van der Waals surface area contributed by atoms with Crippen LogP contribution in [0.25, 0.3) is 0 Å². The number of nitrogens with zero attached hydrogens (tertiary/aromatic N) is 4. The lowest BCUT2D eigenvalue weighted by Gasteiger charge is -2.38. The van der Waals surface area contributed by atoms with Gasteiger partial charge in [0.15, 0.2) is 0 Å². The maximum atomic E-state index is 13.0. The van der Waals surface area contributed by atoms with E-state index in [0.717, 1.165) is 5.56 Å². The number of methoxy groups -OCH3 is 1. The zero-order chi connectivity index (χ0) is 22.5. The van der Waals surface area contributed by atoms with Gasteiger partial charge in [0, 0.05) is 37.4 Å². The number of amides is 1. The first-order valence-corrected chi connectivity index (χ1v) is 10.9. The van der Waals surface area contributed by atoms with Crippen LogP contribution in [-0.2, 0) is 16.1 Å². The van der Waals surface area contributed by atoms with Crippen LogP contribution in [0.15, 0.2) is 67.0 Å². The first-order chi connectivity index (χ1) is 15.6. The highest BCUT2D eigenvalue weighted by Gasteiger charge is 2.33. The summed E-state index contributed by atoms with van der Waals surface area (Å²) in [6.45, 7) is 2.69. The number of carbonyl (C=O) groups excluding carboxylic acids is 2. The molecule has 3 aromatic rings. The number of esters is 1. The molecule has 0 bridgehead atoms. The largest absolute Gasteiger partial charge is 0.468 e. The van der Waals surface area contributed by atoms with Crippen LogP contribution < -0.4 is 0 Å². The third kappa shape index (κ3) is 4.84. The van der Waals surface area contributed by atoms with Crippen molar-refractivity contribution in [3.63, 3.8) is 0 Å². The van der Waals surface area contributed by atoms with Crippen molar-refractivity contribution in [2.45, 2.75) is 12.6 Å². The average molecular weight is 453 g/mol. The van der Waals surface area contributed by atoms with E-state index >= 15 is 0 Å². The summed E-state index contributed by atoms with van der Waals surface area (Å²) < 4.78 is 6.81. The second-order valence-corrected chi connectivity index (χ2v) is 8.09. The summed E-state index contributed by atoms with van der Waals surface area (Å²) in [5.41, 5.74) is 2.39. The van der Waals surface area contributed by atoms with Crippen LogP contribution in [0.3, 0.4) is 0 Å². The number of ether oxygens (including phenoxy) is 1. The molecule has 1 unspecified atom stereocenters. The molecule has 2 heterocycles. The normalized spacial score (nSPS) is 15.4. The molecule has 4 rings (SSSR count). The van der Waals surface area contributed by atoms with Crippen molar-refractivity contribution in [2.24, 2.45) is 0 Å². The number of piperazine rings is 1. The Balaban J connectivity index is 1.41.